The molecule has 0 unspecified atom stereocenters. The van der Waals surface area contributed by atoms with E-state index in [9.17, 15) is 0 Å². The third-order valence-corrected chi connectivity index (χ3v) is 10.1. The van der Waals surface area contributed by atoms with Crippen LogP contribution in [-0.2, 0) is 0 Å². The Labute approximate surface area is 320 Å². The van der Waals surface area contributed by atoms with Crippen molar-refractivity contribution in [3.05, 3.63) is 176 Å². The van der Waals surface area contributed by atoms with Gasteiger partial charge in [-0.3, -0.25) is 4.98 Å². The molecule has 11 aromatic rings. The SMILES string of the molecule is c1ccc(-c2nc(-c3ccccc3)nc(-c3ccc(-c4nc(-c5cccc6c5c5ccccc5n6-c5ccccc5)nc5c4oc4ccccc45)cn3)n2)cc1. The molecule has 0 aliphatic rings. The van der Waals surface area contributed by atoms with E-state index in [2.05, 4.69) is 71.3 Å². The summed E-state index contributed by atoms with van der Waals surface area (Å²) in [5.41, 5.74) is 10.1. The van der Waals surface area contributed by atoms with Crippen LogP contribution in [-0.4, -0.2) is 34.5 Å². The molecule has 0 N–H and O–H groups in total. The molecule has 8 nitrogen and oxygen atoms in total. The van der Waals surface area contributed by atoms with Gasteiger partial charge in [0.15, 0.2) is 28.9 Å². The van der Waals surface area contributed by atoms with Crippen molar-refractivity contribution in [2.75, 3.05) is 0 Å². The summed E-state index contributed by atoms with van der Waals surface area (Å²) in [6.07, 6.45) is 1.81. The maximum absolute atomic E-state index is 6.50. The first-order chi connectivity index (χ1) is 27.8. The average molecular weight is 720 g/mol. The van der Waals surface area contributed by atoms with Crippen LogP contribution in [0.2, 0.25) is 0 Å². The van der Waals surface area contributed by atoms with Crippen LogP contribution in [0.5, 0.6) is 0 Å². The van der Waals surface area contributed by atoms with Gasteiger partial charge in [-0.2, -0.15) is 0 Å². The molecule has 11 rings (SSSR count). The van der Waals surface area contributed by atoms with Crippen LogP contribution in [0.4, 0.5) is 0 Å². The van der Waals surface area contributed by atoms with Crippen molar-refractivity contribution < 1.29 is 4.42 Å². The second-order valence-corrected chi connectivity index (χ2v) is 13.5. The van der Waals surface area contributed by atoms with E-state index in [0.717, 1.165) is 66.2 Å². The van der Waals surface area contributed by atoms with Gasteiger partial charge in [-0.05, 0) is 48.5 Å². The summed E-state index contributed by atoms with van der Waals surface area (Å²) < 4.78 is 8.81. The number of para-hydroxylation sites is 3. The van der Waals surface area contributed by atoms with Gasteiger partial charge in [0, 0.05) is 50.3 Å². The maximum atomic E-state index is 6.50. The molecule has 8 heteroatoms. The lowest BCUT2D eigenvalue weighted by molar-refractivity contribution is 0.667. The fraction of sp³-hybridized carbons (Fsp3) is 0. The van der Waals surface area contributed by atoms with Gasteiger partial charge >= 0.3 is 0 Å². The van der Waals surface area contributed by atoms with Crippen LogP contribution >= 0.6 is 0 Å². The van der Waals surface area contributed by atoms with Crippen LogP contribution in [0.25, 0.3) is 107 Å². The van der Waals surface area contributed by atoms with Crippen molar-refractivity contribution in [3.8, 4) is 62.6 Å². The number of furan rings is 1. The summed E-state index contributed by atoms with van der Waals surface area (Å²) in [4.78, 5) is 30.1. The smallest absolute Gasteiger partial charge is 0.182 e. The number of benzene rings is 6. The molecule has 6 aromatic carbocycles. The summed E-state index contributed by atoms with van der Waals surface area (Å²) >= 11 is 0. The third-order valence-electron chi connectivity index (χ3n) is 10.1. The molecule has 0 bridgehead atoms. The highest BCUT2D eigenvalue weighted by atomic mass is 16.3. The number of pyridine rings is 1. The Balaban J connectivity index is 1.10. The molecule has 0 saturated heterocycles. The first kappa shape index (κ1) is 31.7. The van der Waals surface area contributed by atoms with Gasteiger partial charge in [-0.15, -0.1) is 0 Å². The fourth-order valence-electron chi connectivity index (χ4n) is 7.56. The van der Waals surface area contributed by atoms with Crippen LogP contribution in [0, 0.1) is 0 Å². The molecule has 0 spiro atoms. The van der Waals surface area contributed by atoms with Gasteiger partial charge in [0.25, 0.3) is 0 Å². The molecule has 5 heterocycles. The number of hydrogen-bond donors (Lipinski definition) is 0. The number of nitrogens with zero attached hydrogens (tertiary/aromatic N) is 7. The minimum absolute atomic E-state index is 0.475. The monoisotopic (exact) mass is 719 g/mol. The summed E-state index contributed by atoms with van der Waals surface area (Å²) in [5.74, 6) is 2.23. The van der Waals surface area contributed by atoms with Gasteiger partial charge in [-0.1, -0.05) is 121 Å². The number of rotatable bonds is 6. The standard InChI is InChI=1S/C48H29N7O/c1-4-15-30(16-5-1)45-52-46(31-17-6-2-7-18-31)54-48(53-45)37-28-27-32(29-49-37)42-44-43(35-22-11-13-26-40(35)56-44)51-47(50-42)36-23-14-25-39-41(36)34-21-10-12-24-38(34)55(39)33-19-8-3-9-20-33/h1-29H. The second-order valence-electron chi connectivity index (χ2n) is 13.5. The predicted octanol–water partition coefficient (Wildman–Crippen LogP) is 11.4. The van der Waals surface area contributed by atoms with E-state index in [1.54, 1.807) is 0 Å². The van der Waals surface area contributed by atoms with Crippen molar-refractivity contribution in [1.82, 2.24) is 34.5 Å². The van der Waals surface area contributed by atoms with Gasteiger partial charge in [0.05, 0.1) is 11.0 Å². The summed E-state index contributed by atoms with van der Waals surface area (Å²) in [7, 11) is 0. The lowest BCUT2D eigenvalue weighted by Gasteiger charge is -2.10. The highest BCUT2D eigenvalue weighted by molar-refractivity contribution is 6.16. The summed E-state index contributed by atoms with van der Waals surface area (Å²) in [6.45, 7) is 0. The van der Waals surface area contributed by atoms with Crippen molar-refractivity contribution in [2.24, 2.45) is 0 Å². The molecular weight excluding hydrogens is 691 g/mol. The van der Waals surface area contributed by atoms with Gasteiger partial charge in [-0.25, -0.2) is 24.9 Å². The molecule has 0 radical (unpaired) electrons. The first-order valence-corrected chi connectivity index (χ1v) is 18.4. The number of aromatic nitrogens is 7. The van der Waals surface area contributed by atoms with E-state index in [0.29, 0.717) is 40.3 Å². The van der Waals surface area contributed by atoms with Crippen LogP contribution in [0.15, 0.2) is 180 Å². The Morgan fingerprint density at radius 1 is 0.429 bits per heavy atom. The average Bonchev–Trinajstić information content (AvgIpc) is 3.83. The van der Waals surface area contributed by atoms with Crippen LogP contribution in [0.3, 0.4) is 0 Å². The molecule has 56 heavy (non-hydrogen) atoms. The first-order valence-electron chi connectivity index (χ1n) is 18.4. The van der Waals surface area contributed by atoms with Crippen molar-refractivity contribution in [1.29, 1.82) is 0 Å². The van der Waals surface area contributed by atoms with E-state index in [1.165, 1.54) is 0 Å². The van der Waals surface area contributed by atoms with Crippen LogP contribution in [0.1, 0.15) is 0 Å². The molecule has 0 aliphatic heterocycles. The Hall–Kier alpha value is -7.84. The zero-order valence-electron chi connectivity index (χ0n) is 29.8. The maximum Gasteiger partial charge on any atom is 0.182 e. The predicted molar refractivity (Wildman–Crippen MR) is 222 cm³/mol. The van der Waals surface area contributed by atoms with E-state index in [4.69, 9.17) is 34.3 Å². The summed E-state index contributed by atoms with van der Waals surface area (Å²) in [6, 6.07) is 57.0. The highest BCUT2D eigenvalue weighted by Crippen LogP contribution is 2.40. The second kappa shape index (κ2) is 12.9. The van der Waals surface area contributed by atoms with Crippen molar-refractivity contribution in [2.45, 2.75) is 0 Å². The van der Waals surface area contributed by atoms with E-state index in [1.807, 2.05) is 109 Å². The Morgan fingerprint density at radius 2 is 1.05 bits per heavy atom. The Morgan fingerprint density at radius 3 is 1.77 bits per heavy atom. The molecule has 262 valence electrons. The van der Waals surface area contributed by atoms with Gasteiger partial charge in [0.1, 0.15) is 22.5 Å². The quantitative estimate of drug-likeness (QED) is 0.169. The highest BCUT2D eigenvalue weighted by Gasteiger charge is 2.22. The third kappa shape index (κ3) is 5.23. The van der Waals surface area contributed by atoms with Crippen LogP contribution < -0.4 is 0 Å². The molecular formula is C48H29N7O. The molecule has 0 saturated carbocycles. The topological polar surface area (TPSA) is 95.4 Å². The van der Waals surface area contributed by atoms with Gasteiger partial charge in [0.2, 0.25) is 0 Å². The van der Waals surface area contributed by atoms with E-state index < -0.39 is 0 Å². The number of hydrogen-bond acceptors (Lipinski definition) is 7. The Kier molecular flexibility index (Phi) is 7.31. The van der Waals surface area contributed by atoms with E-state index in [-0.39, 0.29) is 0 Å². The summed E-state index contributed by atoms with van der Waals surface area (Å²) in [5, 5.41) is 3.12. The Bertz CT molecular complexity index is 3170. The lowest BCUT2D eigenvalue weighted by Crippen LogP contribution is -2.01. The normalized spacial score (nSPS) is 11.6. The molecule has 5 aromatic heterocycles. The molecule has 0 amide bonds. The molecule has 0 atom stereocenters. The van der Waals surface area contributed by atoms with E-state index >= 15 is 0 Å². The molecule has 0 aliphatic carbocycles. The largest absolute Gasteiger partial charge is 0.452 e. The number of fused-ring (bicyclic) bond motifs is 6. The van der Waals surface area contributed by atoms with Gasteiger partial charge < -0.3 is 8.98 Å². The van der Waals surface area contributed by atoms with Crippen molar-refractivity contribution in [3.63, 3.8) is 0 Å². The zero-order valence-corrected chi connectivity index (χ0v) is 29.8. The molecule has 0 fully saturated rings. The minimum Gasteiger partial charge on any atom is -0.452 e. The minimum atomic E-state index is 0.475. The van der Waals surface area contributed by atoms with Crippen molar-refractivity contribution >= 4 is 43.9 Å². The zero-order chi connectivity index (χ0) is 37.0. The fourth-order valence-corrected chi connectivity index (χ4v) is 7.56. The lowest BCUT2D eigenvalue weighted by atomic mass is 10.0.